The van der Waals surface area contributed by atoms with Crippen LogP contribution in [0.15, 0.2) is 33.1 Å². The Balaban J connectivity index is 2.13. The van der Waals surface area contributed by atoms with Crippen LogP contribution in [0.25, 0.3) is 5.57 Å². The van der Waals surface area contributed by atoms with Gasteiger partial charge in [0.2, 0.25) is 0 Å². The molecule has 1 aromatic rings. The fraction of sp³-hybridized carbons (Fsp3) is 0.400. The number of dihydropyridines is 1. The van der Waals surface area contributed by atoms with Gasteiger partial charge in [0.05, 0.1) is 0 Å². The van der Waals surface area contributed by atoms with Crippen molar-refractivity contribution in [2.45, 2.75) is 39.2 Å². The molecule has 1 unspecified atom stereocenters. The van der Waals surface area contributed by atoms with Crippen LogP contribution in [0.3, 0.4) is 0 Å². The molecule has 1 atom stereocenters. The molecule has 3 rings (SSSR count). The highest BCUT2D eigenvalue weighted by atomic mass is 16.4. The van der Waals surface area contributed by atoms with Crippen molar-refractivity contribution in [1.29, 1.82) is 0 Å². The van der Waals surface area contributed by atoms with Gasteiger partial charge in [0.25, 0.3) is 0 Å². The second-order valence-electron chi connectivity index (χ2n) is 4.97. The zero-order chi connectivity index (χ0) is 12.7. The van der Waals surface area contributed by atoms with Crippen LogP contribution >= 0.6 is 0 Å². The maximum Gasteiger partial charge on any atom is 0.336 e. The minimum Gasteiger partial charge on any atom is -0.422 e. The number of aryl methyl sites for hydroxylation is 1. The monoisotopic (exact) mass is 243 g/mol. The summed E-state index contributed by atoms with van der Waals surface area (Å²) in [6.45, 7) is 4.14. The van der Waals surface area contributed by atoms with Gasteiger partial charge in [-0.1, -0.05) is 19.1 Å². The highest BCUT2D eigenvalue weighted by Crippen LogP contribution is 2.34. The topological polar surface area (TPSA) is 42.2 Å². The average Bonchev–Trinajstić information content (AvgIpc) is 2.37. The Labute approximate surface area is 106 Å². The first kappa shape index (κ1) is 11.3. The molecule has 0 spiro atoms. The molecule has 1 aliphatic heterocycles. The summed E-state index contributed by atoms with van der Waals surface area (Å²) >= 11 is 0. The Kier molecular flexibility index (Phi) is 2.62. The molecule has 2 aliphatic rings. The summed E-state index contributed by atoms with van der Waals surface area (Å²) in [5, 5.41) is 3.52. The predicted octanol–water partition coefficient (Wildman–Crippen LogP) is 2.54. The first-order valence-corrected chi connectivity index (χ1v) is 6.51. The lowest BCUT2D eigenvalue weighted by Crippen LogP contribution is -2.31. The molecule has 0 saturated heterocycles. The van der Waals surface area contributed by atoms with Crippen LogP contribution in [0.4, 0.5) is 0 Å². The molecule has 0 aromatic carbocycles. The van der Waals surface area contributed by atoms with Gasteiger partial charge in [-0.3, -0.25) is 0 Å². The minimum absolute atomic E-state index is 0.258. The van der Waals surface area contributed by atoms with Crippen LogP contribution in [0.1, 0.15) is 36.7 Å². The Morgan fingerprint density at radius 1 is 1.44 bits per heavy atom. The van der Waals surface area contributed by atoms with Gasteiger partial charge in [0.1, 0.15) is 5.76 Å². The SMILES string of the molecule is CCC1C=CC2=C(CCc3c(C)cc(=O)oc32)N1. The smallest absolute Gasteiger partial charge is 0.336 e. The molecular weight excluding hydrogens is 226 g/mol. The van der Waals surface area contributed by atoms with Crippen molar-refractivity contribution < 1.29 is 4.42 Å². The zero-order valence-electron chi connectivity index (χ0n) is 10.7. The molecule has 1 N–H and O–H groups in total. The van der Waals surface area contributed by atoms with E-state index in [-0.39, 0.29) is 5.63 Å². The summed E-state index contributed by atoms with van der Waals surface area (Å²) in [6.07, 6.45) is 7.26. The van der Waals surface area contributed by atoms with Crippen molar-refractivity contribution in [3.63, 3.8) is 0 Å². The van der Waals surface area contributed by atoms with Gasteiger partial charge < -0.3 is 9.73 Å². The van der Waals surface area contributed by atoms with Crippen LogP contribution < -0.4 is 10.9 Å². The highest BCUT2D eigenvalue weighted by molar-refractivity contribution is 5.78. The van der Waals surface area contributed by atoms with Crippen molar-refractivity contribution >= 4 is 5.57 Å². The van der Waals surface area contributed by atoms with Gasteiger partial charge in [-0.25, -0.2) is 4.79 Å². The Hall–Kier alpha value is -1.77. The molecule has 0 radical (unpaired) electrons. The third kappa shape index (κ3) is 1.70. The molecular formula is C15H17NO2. The fourth-order valence-corrected chi connectivity index (χ4v) is 2.73. The van der Waals surface area contributed by atoms with E-state index in [0.29, 0.717) is 6.04 Å². The van der Waals surface area contributed by atoms with E-state index in [2.05, 4.69) is 24.4 Å². The lowest BCUT2D eigenvalue weighted by Gasteiger charge is -2.28. The average molecular weight is 243 g/mol. The third-order valence-electron chi connectivity index (χ3n) is 3.78. The van der Waals surface area contributed by atoms with Gasteiger partial charge in [-0.2, -0.15) is 0 Å². The molecule has 0 saturated carbocycles. The number of hydrogen-bond acceptors (Lipinski definition) is 3. The Morgan fingerprint density at radius 3 is 3.06 bits per heavy atom. The van der Waals surface area contributed by atoms with Crippen LogP contribution in [0, 0.1) is 6.92 Å². The molecule has 2 heterocycles. The van der Waals surface area contributed by atoms with E-state index in [9.17, 15) is 4.79 Å². The van der Waals surface area contributed by atoms with E-state index in [0.717, 1.165) is 36.2 Å². The molecule has 3 heteroatoms. The van der Waals surface area contributed by atoms with Crippen molar-refractivity contribution in [1.82, 2.24) is 5.32 Å². The quantitative estimate of drug-likeness (QED) is 0.824. The number of nitrogens with one attached hydrogen (secondary N) is 1. The van der Waals surface area contributed by atoms with Crippen molar-refractivity contribution in [2.75, 3.05) is 0 Å². The van der Waals surface area contributed by atoms with Crippen molar-refractivity contribution in [3.8, 4) is 0 Å². The summed E-state index contributed by atoms with van der Waals surface area (Å²) in [5.74, 6) is 0.763. The molecule has 0 bridgehead atoms. The maximum absolute atomic E-state index is 11.5. The van der Waals surface area contributed by atoms with Gasteiger partial charge in [-0.05, 0) is 37.3 Å². The first-order chi connectivity index (χ1) is 8.69. The largest absolute Gasteiger partial charge is 0.422 e. The number of hydrogen-bond donors (Lipinski definition) is 1. The van der Waals surface area contributed by atoms with Crippen molar-refractivity contribution in [3.05, 3.63) is 51.2 Å². The fourth-order valence-electron chi connectivity index (χ4n) is 2.73. The van der Waals surface area contributed by atoms with Crippen molar-refractivity contribution in [2.24, 2.45) is 0 Å². The van der Waals surface area contributed by atoms with E-state index >= 15 is 0 Å². The maximum atomic E-state index is 11.5. The minimum atomic E-state index is -0.258. The van der Waals surface area contributed by atoms with Gasteiger partial charge in [-0.15, -0.1) is 0 Å². The number of allylic oxidation sites excluding steroid dienone is 3. The number of fused-ring (bicyclic) bond motifs is 2. The van der Waals surface area contributed by atoms with E-state index in [1.807, 2.05) is 6.92 Å². The Bertz CT molecular complexity index is 607. The van der Waals surface area contributed by atoms with Crippen LogP contribution in [-0.4, -0.2) is 6.04 Å². The van der Waals surface area contributed by atoms with E-state index in [1.54, 1.807) is 6.07 Å². The van der Waals surface area contributed by atoms with Gasteiger partial charge in [0, 0.05) is 23.4 Å². The van der Waals surface area contributed by atoms with E-state index in [1.165, 1.54) is 11.3 Å². The zero-order valence-corrected chi connectivity index (χ0v) is 10.7. The Morgan fingerprint density at radius 2 is 2.28 bits per heavy atom. The summed E-state index contributed by atoms with van der Waals surface area (Å²) in [4.78, 5) is 11.5. The molecule has 1 aromatic heterocycles. The molecule has 3 nitrogen and oxygen atoms in total. The molecule has 94 valence electrons. The summed E-state index contributed by atoms with van der Waals surface area (Å²) in [7, 11) is 0. The first-order valence-electron chi connectivity index (χ1n) is 6.51. The van der Waals surface area contributed by atoms with Crippen LogP contribution in [0.2, 0.25) is 0 Å². The molecule has 0 amide bonds. The summed E-state index contributed by atoms with van der Waals surface area (Å²) in [5.41, 5.74) is 4.23. The van der Waals surface area contributed by atoms with E-state index < -0.39 is 0 Å². The second-order valence-corrected chi connectivity index (χ2v) is 4.97. The molecule has 0 fully saturated rings. The lowest BCUT2D eigenvalue weighted by atomic mass is 9.88. The van der Waals surface area contributed by atoms with Gasteiger partial charge in [0.15, 0.2) is 0 Å². The molecule has 18 heavy (non-hydrogen) atoms. The predicted molar refractivity (Wildman–Crippen MR) is 71.3 cm³/mol. The standard InChI is InChI=1S/C15H17NO2/c1-3-10-4-5-12-13(16-10)7-6-11-9(2)8-14(17)18-15(11)12/h4-5,8,10,16H,3,6-7H2,1-2H3. The normalized spacial score (nSPS) is 21.3. The highest BCUT2D eigenvalue weighted by Gasteiger charge is 2.25. The summed E-state index contributed by atoms with van der Waals surface area (Å²) in [6, 6.07) is 1.99. The van der Waals surface area contributed by atoms with Crippen LogP contribution in [0.5, 0.6) is 0 Å². The van der Waals surface area contributed by atoms with Gasteiger partial charge >= 0.3 is 5.63 Å². The van der Waals surface area contributed by atoms with E-state index in [4.69, 9.17) is 4.42 Å². The second kappa shape index (κ2) is 4.16. The third-order valence-corrected chi connectivity index (χ3v) is 3.78. The van der Waals surface area contributed by atoms with Crippen LogP contribution in [-0.2, 0) is 6.42 Å². The molecule has 1 aliphatic carbocycles. The number of rotatable bonds is 1. The summed E-state index contributed by atoms with van der Waals surface area (Å²) < 4.78 is 5.41. The lowest BCUT2D eigenvalue weighted by molar-refractivity contribution is 0.480.